The molecule has 150 valence electrons. The fraction of sp³-hybridized carbons (Fsp3) is 0.579. The Kier molecular flexibility index (Phi) is 7.00. The van der Waals surface area contributed by atoms with E-state index in [1.54, 1.807) is 45.0 Å². The van der Waals surface area contributed by atoms with Crippen molar-refractivity contribution in [3.63, 3.8) is 0 Å². The highest BCUT2D eigenvalue weighted by atomic mass is 32.2. The predicted molar refractivity (Wildman–Crippen MR) is 101 cm³/mol. The number of hydrogen-bond donors (Lipinski definition) is 1. The van der Waals surface area contributed by atoms with Gasteiger partial charge in [0, 0.05) is 13.1 Å². The number of hydrogen-bond acceptors (Lipinski definition) is 5. The van der Waals surface area contributed by atoms with Gasteiger partial charge in [0.25, 0.3) is 0 Å². The third-order valence-electron chi connectivity index (χ3n) is 4.47. The smallest absolute Gasteiger partial charge is 0.310 e. The van der Waals surface area contributed by atoms with Gasteiger partial charge < -0.3 is 10.1 Å². The van der Waals surface area contributed by atoms with Crippen LogP contribution in [-0.2, 0) is 24.3 Å². The van der Waals surface area contributed by atoms with Gasteiger partial charge >= 0.3 is 5.97 Å². The van der Waals surface area contributed by atoms with Crippen molar-refractivity contribution in [3.8, 4) is 0 Å². The molecule has 1 fully saturated rings. The third-order valence-corrected chi connectivity index (χ3v) is 6.39. The molecule has 1 aromatic carbocycles. The Morgan fingerprint density at radius 3 is 2.44 bits per heavy atom. The first-order valence-electron chi connectivity index (χ1n) is 9.19. The van der Waals surface area contributed by atoms with Gasteiger partial charge in [-0.15, -0.1) is 0 Å². The second-order valence-corrected chi connectivity index (χ2v) is 9.11. The summed E-state index contributed by atoms with van der Waals surface area (Å²) in [6.45, 7) is 7.48. The highest BCUT2D eigenvalue weighted by molar-refractivity contribution is 7.89. The zero-order valence-corrected chi connectivity index (χ0v) is 17.1. The number of rotatable bonds is 7. The monoisotopic (exact) mass is 396 g/mol. The van der Waals surface area contributed by atoms with Crippen LogP contribution in [0.5, 0.6) is 0 Å². The maximum absolute atomic E-state index is 12.9. The minimum Gasteiger partial charge on any atom is -0.463 e. The lowest BCUT2D eigenvalue weighted by molar-refractivity contribution is -0.151. The van der Waals surface area contributed by atoms with Gasteiger partial charge in [0.05, 0.1) is 16.9 Å². The number of esters is 1. The number of carbonyl (C=O) groups is 2. The molecule has 2 atom stereocenters. The van der Waals surface area contributed by atoms with Gasteiger partial charge in [0.2, 0.25) is 15.9 Å². The van der Waals surface area contributed by atoms with E-state index in [4.69, 9.17) is 4.74 Å². The molecule has 0 spiro atoms. The highest BCUT2D eigenvalue weighted by Gasteiger charge is 2.39. The summed E-state index contributed by atoms with van der Waals surface area (Å²) in [6, 6.07) is 5.83. The van der Waals surface area contributed by atoms with Crippen LogP contribution in [0.3, 0.4) is 0 Å². The fourth-order valence-corrected chi connectivity index (χ4v) is 4.60. The molecule has 1 saturated heterocycles. The SMILES string of the molecule is Cc1ccc(S(=O)(=O)N2CCC[C@H]2C(=O)NC[C@H](C)C(=O)OC(C)C)cc1. The van der Waals surface area contributed by atoms with Gasteiger partial charge in [0.15, 0.2) is 0 Å². The maximum atomic E-state index is 12.9. The molecule has 1 heterocycles. The van der Waals surface area contributed by atoms with Crippen LogP contribution >= 0.6 is 0 Å². The van der Waals surface area contributed by atoms with Gasteiger partial charge in [-0.25, -0.2) is 8.42 Å². The van der Waals surface area contributed by atoms with Crippen molar-refractivity contribution in [1.29, 1.82) is 0 Å². The van der Waals surface area contributed by atoms with Crippen molar-refractivity contribution in [2.75, 3.05) is 13.1 Å². The molecule has 27 heavy (non-hydrogen) atoms. The molecule has 0 bridgehead atoms. The number of nitrogens with one attached hydrogen (secondary N) is 1. The third kappa shape index (κ3) is 5.29. The number of sulfonamides is 1. The molecular weight excluding hydrogens is 368 g/mol. The van der Waals surface area contributed by atoms with Gasteiger partial charge in [-0.2, -0.15) is 4.31 Å². The normalized spacial score (nSPS) is 19.1. The standard InChI is InChI=1S/C19H28N2O5S/c1-13(2)26-19(23)15(4)12-20-18(22)17-6-5-11-21(17)27(24,25)16-9-7-14(3)8-10-16/h7-10,13,15,17H,5-6,11-12H2,1-4H3,(H,20,22)/t15-,17-/m0/s1. The summed E-state index contributed by atoms with van der Waals surface area (Å²) in [4.78, 5) is 24.6. The number of amides is 1. The zero-order chi connectivity index (χ0) is 20.2. The molecule has 1 aliphatic rings. The summed E-state index contributed by atoms with van der Waals surface area (Å²) in [7, 11) is -3.74. The summed E-state index contributed by atoms with van der Waals surface area (Å²) in [6.07, 6.45) is 0.858. The van der Waals surface area contributed by atoms with E-state index in [0.29, 0.717) is 19.4 Å². The van der Waals surface area contributed by atoms with Crippen molar-refractivity contribution < 1.29 is 22.7 Å². The topological polar surface area (TPSA) is 92.8 Å². The zero-order valence-electron chi connectivity index (χ0n) is 16.3. The van der Waals surface area contributed by atoms with E-state index >= 15 is 0 Å². The lowest BCUT2D eigenvalue weighted by Gasteiger charge is -2.24. The maximum Gasteiger partial charge on any atom is 0.310 e. The fourth-order valence-electron chi connectivity index (χ4n) is 2.94. The largest absolute Gasteiger partial charge is 0.463 e. The number of aryl methyl sites for hydroxylation is 1. The summed E-state index contributed by atoms with van der Waals surface area (Å²) in [5.74, 6) is -1.27. The molecule has 1 amide bonds. The van der Waals surface area contributed by atoms with E-state index in [-0.39, 0.29) is 29.4 Å². The predicted octanol–water partition coefficient (Wildman–Crippen LogP) is 1.85. The first-order valence-corrected chi connectivity index (χ1v) is 10.6. The van der Waals surface area contributed by atoms with Crippen LogP contribution in [0.15, 0.2) is 29.2 Å². The van der Waals surface area contributed by atoms with Crippen LogP contribution in [-0.4, -0.2) is 49.8 Å². The van der Waals surface area contributed by atoms with E-state index in [1.807, 2.05) is 6.92 Å². The molecule has 7 nitrogen and oxygen atoms in total. The van der Waals surface area contributed by atoms with E-state index in [0.717, 1.165) is 5.56 Å². The van der Waals surface area contributed by atoms with E-state index < -0.39 is 22.0 Å². The lowest BCUT2D eigenvalue weighted by Crippen LogP contribution is -2.47. The first-order chi connectivity index (χ1) is 12.6. The van der Waals surface area contributed by atoms with Crippen LogP contribution in [0.1, 0.15) is 39.2 Å². The van der Waals surface area contributed by atoms with Crippen LogP contribution in [0.2, 0.25) is 0 Å². The number of ether oxygens (including phenoxy) is 1. The average Bonchev–Trinajstić information content (AvgIpc) is 3.09. The van der Waals surface area contributed by atoms with Crippen molar-refractivity contribution >= 4 is 21.9 Å². The highest BCUT2D eigenvalue weighted by Crippen LogP contribution is 2.26. The Labute approximate surface area is 161 Å². The molecule has 0 unspecified atom stereocenters. The molecule has 1 N–H and O–H groups in total. The van der Waals surface area contributed by atoms with Gasteiger partial charge in [-0.05, 0) is 45.7 Å². The Balaban J connectivity index is 2.03. The van der Waals surface area contributed by atoms with Crippen LogP contribution in [0.4, 0.5) is 0 Å². The molecule has 0 radical (unpaired) electrons. The van der Waals surface area contributed by atoms with Gasteiger partial charge in [-0.1, -0.05) is 24.6 Å². The van der Waals surface area contributed by atoms with Crippen LogP contribution in [0.25, 0.3) is 0 Å². The Morgan fingerprint density at radius 2 is 1.85 bits per heavy atom. The number of nitrogens with zero attached hydrogens (tertiary/aromatic N) is 1. The molecule has 0 aromatic heterocycles. The van der Waals surface area contributed by atoms with Gasteiger partial charge in [0.1, 0.15) is 6.04 Å². The molecular formula is C19H28N2O5S. The quantitative estimate of drug-likeness (QED) is 0.710. The van der Waals surface area contributed by atoms with Crippen molar-refractivity contribution in [2.45, 2.75) is 57.6 Å². The van der Waals surface area contributed by atoms with E-state index in [1.165, 1.54) is 4.31 Å². The molecule has 8 heteroatoms. The Hall–Kier alpha value is -1.93. The average molecular weight is 397 g/mol. The second-order valence-electron chi connectivity index (χ2n) is 7.22. The van der Waals surface area contributed by atoms with E-state index in [2.05, 4.69) is 5.32 Å². The molecule has 1 aliphatic heterocycles. The lowest BCUT2D eigenvalue weighted by atomic mass is 10.1. The minimum atomic E-state index is -3.74. The molecule has 0 aliphatic carbocycles. The second kappa shape index (κ2) is 8.84. The molecule has 2 rings (SSSR count). The number of carbonyl (C=O) groups excluding carboxylic acids is 2. The Morgan fingerprint density at radius 1 is 1.22 bits per heavy atom. The van der Waals surface area contributed by atoms with E-state index in [9.17, 15) is 18.0 Å². The van der Waals surface area contributed by atoms with Crippen LogP contribution < -0.4 is 5.32 Å². The molecule has 0 saturated carbocycles. The van der Waals surface area contributed by atoms with Crippen molar-refractivity contribution in [2.24, 2.45) is 5.92 Å². The van der Waals surface area contributed by atoms with Gasteiger partial charge in [-0.3, -0.25) is 9.59 Å². The molecule has 1 aromatic rings. The first kappa shape index (κ1) is 21.4. The minimum absolute atomic E-state index is 0.110. The van der Waals surface area contributed by atoms with Crippen molar-refractivity contribution in [3.05, 3.63) is 29.8 Å². The summed E-state index contributed by atoms with van der Waals surface area (Å²) in [5, 5.41) is 2.70. The summed E-state index contributed by atoms with van der Waals surface area (Å²) < 4.78 is 32.2. The van der Waals surface area contributed by atoms with Crippen molar-refractivity contribution in [1.82, 2.24) is 9.62 Å². The number of benzene rings is 1. The Bertz CT molecular complexity index is 774. The van der Waals surface area contributed by atoms with Crippen LogP contribution in [0, 0.1) is 12.8 Å². The summed E-state index contributed by atoms with van der Waals surface area (Å²) >= 11 is 0. The summed E-state index contributed by atoms with van der Waals surface area (Å²) in [5.41, 5.74) is 0.965.